The van der Waals surface area contributed by atoms with Crippen LogP contribution in [0.5, 0.6) is 0 Å². The second kappa shape index (κ2) is 9.32. The molecular formula is C29H30N2O2S. The fourth-order valence-electron chi connectivity index (χ4n) is 4.90. The number of aryl methyl sites for hydroxylation is 1. The molecule has 4 nitrogen and oxygen atoms in total. The SMILES string of the molecule is Cc1ccc(Cc2cccc3c2CCN(CCS(C)(=O)=O)C3)cc1-c1cc2ccccc2cn1. The Morgan fingerprint density at radius 3 is 2.62 bits per heavy atom. The van der Waals surface area contributed by atoms with Gasteiger partial charge in [-0.05, 0) is 65.1 Å². The number of pyridine rings is 1. The number of hydrogen-bond donors (Lipinski definition) is 0. The van der Waals surface area contributed by atoms with E-state index in [9.17, 15) is 8.42 Å². The summed E-state index contributed by atoms with van der Waals surface area (Å²) in [7, 11) is -2.94. The molecule has 0 unspecified atom stereocenters. The fourth-order valence-corrected chi connectivity index (χ4v) is 5.49. The van der Waals surface area contributed by atoms with Crippen molar-refractivity contribution in [2.45, 2.75) is 26.3 Å². The molecule has 0 fully saturated rings. The number of aromatic nitrogens is 1. The maximum Gasteiger partial charge on any atom is 0.148 e. The average molecular weight is 471 g/mol. The highest BCUT2D eigenvalue weighted by atomic mass is 32.2. The normalized spacial score (nSPS) is 14.3. The highest BCUT2D eigenvalue weighted by Crippen LogP contribution is 2.29. The molecule has 1 aromatic heterocycles. The number of fused-ring (bicyclic) bond motifs is 2. The van der Waals surface area contributed by atoms with Gasteiger partial charge in [-0.2, -0.15) is 0 Å². The van der Waals surface area contributed by atoms with Crippen molar-refractivity contribution in [1.29, 1.82) is 0 Å². The lowest BCUT2D eigenvalue weighted by molar-refractivity contribution is 0.268. The van der Waals surface area contributed by atoms with E-state index in [-0.39, 0.29) is 5.75 Å². The minimum atomic E-state index is -2.94. The summed E-state index contributed by atoms with van der Waals surface area (Å²) in [4.78, 5) is 7.00. The molecule has 0 amide bonds. The molecule has 5 heteroatoms. The Morgan fingerprint density at radius 2 is 1.79 bits per heavy atom. The topological polar surface area (TPSA) is 50.3 Å². The smallest absolute Gasteiger partial charge is 0.148 e. The van der Waals surface area contributed by atoms with Crippen molar-refractivity contribution < 1.29 is 8.42 Å². The number of sulfone groups is 1. The molecule has 0 radical (unpaired) electrons. The van der Waals surface area contributed by atoms with Gasteiger partial charge in [-0.15, -0.1) is 0 Å². The van der Waals surface area contributed by atoms with E-state index >= 15 is 0 Å². The lowest BCUT2D eigenvalue weighted by Gasteiger charge is -2.30. The Balaban J connectivity index is 1.39. The Bertz CT molecular complexity index is 1460. The molecule has 4 aromatic rings. The summed E-state index contributed by atoms with van der Waals surface area (Å²) in [5, 5.41) is 2.36. The Kier molecular flexibility index (Phi) is 6.24. The largest absolute Gasteiger partial charge is 0.298 e. The van der Waals surface area contributed by atoms with E-state index in [0.29, 0.717) is 6.54 Å². The van der Waals surface area contributed by atoms with Crippen molar-refractivity contribution >= 4 is 20.6 Å². The first-order valence-electron chi connectivity index (χ1n) is 11.8. The van der Waals surface area contributed by atoms with Gasteiger partial charge in [0.1, 0.15) is 9.84 Å². The summed E-state index contributed by atoms with van der Waals surface area (Å²) in [6, 6.07) is 23.8. The van der Waals surface area contributed by atoms with E-state index in [2.05, 4.69) is 72.5 Å². The van der Waals surface area contributed by atoms with Crippen LogP contribution in [0, 0.1) is 6.92 Å². The average Bonchev–Trinajstić information content (AvgIpc) is 2.83. The third-order valence-electron chi connectivity index (χ3n) is 6.82. The second-order valence-corrected chi connectivity index (χ2v) is 11.7. The molecule has 0 aliphatic carbocycles. The van der Waals surface area contributed by atoms with Gasteiger partial charge in [-0.3, -0.25) is 9.88 Å². The van der Waals surface area contributed by atoms with Crippen LogP contribution in [-0.2, 0) is 29.2 Å². The van der Waals surface area contributed by atoms with Crippen LogP contribution < -0.4 is 0 Å². The first-order valence-corrected chi connectivity index (χ1v) is 13.9. The maximum atomic E-state index is 11.6. The molecule has 0 atom stereocenters. The van der Waals surface area contributed by atoms with Crippen molar-refractivity contribution in [3.8, 4) is 11.3 Å². The number of rotatable bonds is 6. The van der Waals surface area contributed by atoms with E-state index in [1.54, 1.807) is 0 Å². The summed E-state index contributed by atoms with van der Waals surface area (Å²) in [5.41, 5.74) is 8.80. The molecule has 2 heterocycles. The summed E-state index contributed by atoms with van der Waals surface area (Å²) < 4.78 is 23.1. The summed E-state index contributed by atoms with van der Waals surface area (Å²) in [6.45, 7) is 4.46. The molecular weight excluding hydrogens is 440 g/mol. The number of hydrogen-bond acceptors (Lipinski definition) is 4. The van der Waals surface area contributed by atoms with Crippen LogP contribution in [0.3, 0.4) is 0 Å². The van der Waals surface area contributed by atoms with Crippen LogP contribution in [0.25, 0.3) is 22.0 Å². The standard InChI is InChI=1S/C29H30N2O2S/c1-21-10-11-22(17-28(21)29-18-23-6-3-4-7-25(23)19-30-29)16-24-8-5-9-26-20-31(13-12-27(24)26)14-15-34(2,32)33/h3-11,17-19H,12-16,20H2,1-2H3. The first kappa shape index (κ1) is 22.8. The van der Waals surface area contributed by atoms with Gasteiger partial charge in [0.15, 0.2) is 0 Å². The predicted molar refractivity (Wildman–Crippen MR) is 140 cm³/mol. The molecule has 0 saturated carbocycles. The Labute approximate surface area is 202 Å². The zero-order valence-corrected chi connectivity index (χ0v) is 20.6. The molecule has 0 spiro atoms. The molecule has 1 aliphatic heterocycles. The lowest BCUT2D eigenvalue weighted by atomic mass is 9.90. The van der Waals surface area contributed by atoms with Crippen LogP contribution in [0.2, 0.25) is 0 Å². The first-order chi connectivity index (χ1) is 16.4. The predicted octanol–water partition coefficient (Wildman–Crippen LogP) is 5.20. The van der Waals surface area contributed by atoms with E-state index in [1.807, 2.05) is 12.3 Å². The van der Waals surface area contributed by atoms with Gasteiger partial charge < -0.3 is 0 Å². The van der Waals surface area contributed by atoms with E-state index < -0.39 is 9.84 Å². The summed E-state index contributed by atoms with van der Waals surface area (Å²) >= 11 is 0. The van der Waals surface area contributed by atoms with Crippen LogP contribution in [0.4, 0.5) is 0 Å². The minimum absolute atomic E-state index is 0.219. The number of benzene rings is 3. The lowest BCUT2D eigenvalue weighted by Crippen LogP contribution is -2.34. The molecule has 0 bridgehead atoms. The highest BCUT2D eigenvalue weighted by molar-refractivity contribution is 7.90. The van der Waals surface area contributed by atoms with Crippen LogP contribution in [0.1, 0.15) is 27.8 Å². The quantitative estimate of drug-likeness (QED) is 0.388. The third kappa shape index (κ3) is 5.06. The van der Waals surface area contributed by atoms with Gasteiger partial charge in [-0.1, -0.05) is 54.6 Å². The fraction of sp³-hybridized carbons (Fsp3) is 0.276. The Morgan fingerprint density at radius 1 is 0.971 bits per heavy atom. The van der Waals surface area contributed by atoms with Crippen LogP contribution >= 0.6 is 0 Å². The summed E-state index contributed by atoms with van der Waals surface area (Å²) in [5.74, 6) is 0.219. The number of nitrogens with zero attached hydrogens (tertiary/aromatic N) is 2. The molecule has 5 rings (SSSR count). The molecule has 34 heavy (non-hydrogen) atoms. The van der Waals surface area contributed by atoms with Gasteiger partial charge in [0.2, 0.25) is 0 Å². The molecule has 1 aliphatic rings. The monoisotopic (exact) mass is 470 g/mol. The van der Waals surface area contributed by atoms with Crippen molar-refractivity contribution in [3.63, 3.8) is 0 Å². The van der Waals surface area contributed by atoms with Crippen molar-refractivity contribution in [2.75, 3.05) is 25.1 Å². The maximum absolute atomic E-state index is 11.6. The van der Waals surface area contributed by atoms with E-state index in [4.69, 9.17) is 4.98 Å². The molecule has 174 valence electrons. The summed E-state index contributed by atoms with van der Waals surface area (Å²) in [6.07, 6.45) is 5.11. The van der Waals surface area contributed by atoms with Gasteiger partial charge in [0, 0.05) is 43.0 Å². The van der Waals surface area contributed by atoms with Crippen molar-refractivity contribution in [2.24, 2.45) is 0 Å². The van der Waals surface area contributed by atoms with Gasteiger partial charge in [0.05, 0.1) is 11.4 Å². The van der Waals surface area contributed by atoms with E-state index in [0.717, 1.165) is 37.0 Å². The highest BCUT2D eigenvalue weighted by Gasteiger charge is 2.20. The van der Waals surface area contributed by atoms with Crippen molar-refractivity contribution in [3.05, 3.63) is 101 Å². The minimum Gasteiger partial charge on any atom is -0.298 e. The third-order valence-corrected chi connectivity index (χ3v) is 7.75. The molecule has 0 N–H and O–H groups in total. The van der Waals surface area contributed by atoms with Crippen LogP contribution in [-0.4, -0.2) is 43.4 Å². The second-order valence-electron chi connectivity index (χ2n) is 9.45. The molecule has 0 saturated heterocycles. The molecule has 3 aromatic carbocycles. The zero-order valence-electron chi connectivity index (χ0n) is 19.8. The van der Waals surface area contributed by atoms with Gasteiger partial charge in [-0.25, -0.2) is 8.42 Å². The van der Waals surface area contributed by atoms with Crippen molar-refractivity contribution in [1.82, 2.24) is 9.88 Å². The van der Waals surface area contributed by atoms with E-state index in [1.165, 1.54) is 45.0 Å². The van der Waals surface area contributed by atoms with Crippen LogP contribution in [0.15, 0.2) is 72.9 Å². The van der Waals surface area contributed by atoms with Gasteiger partial charge >= 0.3 is 0 Å². The Hall–Kier alpha value is -3.02. The van der Waals surface area contributed by atoms with Gasteiger partial charge in [0.25, 0.3) is 0 Å². The zero-order chi connectivity index (χ0) is 23.7.